The molecule has 0 aliphatic rings. The van der Waals surface area contributed by atoms with E-state index in [1.807, 2.05) is 0 Å². The van der Waals surface area contributed by atoms with E-state index in [9.17, 15) is 43.2 Å². The number of hydrogen-bond acceptors (Lipinski definition) is 15. The molecule has 0 aliphatic carbocycles. The third-order valence-electron chi connectivity index (χ3n) is 17.4. The molecule has 566 valence electrons. The molecule has 0 rings (SSSR count). The average molecular weight is 1410 g/mol. The molecule has 0 bridgehead atoms. The molecule has 5 atom stereocenters. The van der Waals surface area contributed by atoms with Gasteiger partial charge in [-0.1, -0.05) is 309 Å². The Hall–Kier alpha value is -2.46. The molecule has 0 radical (unpaired) electrons. The summed E-state index contributed by atoms with van der Waals surface area (Å²) in [5, 5.41) is 10.6. The molecule has 17 nitrogen and oxygen atoms in total. The summed E-state index contributed by atoms with van der Waals surface area (Å²) < 4.78 is 68.5. The minimum atomic E-state index is -4.97. The van der Waals surface area contributed by atoms with E-state index >= 15 is 0 Å². The van der Waals surface area contributed by atoms with Crippen LogP contribution < -0.4 is 0 Å². The van der Waals surface area contributed by atoms with Crippen LogP contribution in [-0.2, 0) is 65.4 Å². The Morgan fingerprint density at radius 2 is 0.479 bits per heavy atom. The second-order valence-electron chi connectivity index (χ2n) is 27.0. The lowest BCUT2D eigenvalue weighted by Crippen LogP contribution is -2.30. The van der Waals surface area contributed by atoms with Gasteiger partial charge >= 0.3 is 39.5 Å². The lowest BCUT2D eigenvalue weighted by molar-refractivity contribution is -0.161. The maximum absolute atomic E-state index is 13.1. The zero-order chi connectivity index (χ0) is 70.4. The Labute approximate surface area is 586 Å². The number of phosphoric ester groups is 2. The summed E-state index contributed by atoms with van der Waals surface area (Å²) in [6.07, 6.45) is 64.4. The second kappa shape index (κ2) is 71.0. The standard InChI is InChI=1S/C77H146O17P2/c1-5-9-13-17-21-25-29-33-35-39-42-46-50-54-58-62-75(80)88-68-73(94-77(82)64-60-56-52-48-44-40-36-34-30-26-22-18-14-10-6-2)70-92-96(85,86)90-66-71(78)65-89-95(83,84)91-69-72(93-76(81)63-59-55-51-47-43-38-32-28-24-20-16-12-8-4)67-87-74(79)61-57-53-49-45-41-37-31-27-23-19-15-11-7-3/h33-36,71-73,78H,5-32,37-70H2,1-4H3,(H,83,84)(H,85,86)/b35-33-,36-34-/t71-,72+,73+/m0/s1. The zero-order valence-electron chi connectivity index (χ0n) is 61.8. The van der Waals surface area contributed by atoms with Crippen molar-refractivity contribution in [3.8, 4) is 0 Å². The first-order valence-electron chi connectivity index (χ1n) is 39.6. The zero-order valence-corrected chi connectivity index (χ0v) is 63.6. The van der Waals surface area contributed by atoms with Crippen molar-refractivity contribution in [2.45, 2.75) is 406 Å². The Balaban J connectivity index is 5.30. The predicted molar refractivity (Wildman–Crippen MR) is 391 cm³/mol. The van der Waals surface area contributed by atoms with E-state index in [2.05, 4.69) is 52.0 Å². The van der Waals surface area contributed by atoms with Crippen molar-refractivity contribution in [3.05, 3.63) is 24.3 Å². The highest BCUT2D eigenvalue weighted by molar-refractivity contribution is 7.47. The fraction of sp³-hybridized carbons (Fsp3) is 0.896. The van der Waals surface area contributed by atoms with E-state index in [-0.39, 0.29) is 25.7 Å². The highest BCUT2D eigenvalue weighted by atomic mass is 31.2. The number of esters is 4. The third-order valence-corrected chi connectivity index (χ3v) is 19.3. The Morgan fingerprint density at radius 1 is 0.281 bits per heavy atom. The van der Waals surface area contributed by atoms with Gasteiger partial charge in [0.2, 0.25) is 0 Å². The number of phosphoric acid groups is 2. The molecule has 0 amide bonds. The number of rotatable bonds is 76. The summed E-state index contributed by atoms with van der Waals surface area (Å²) in [6.45, 7) is 4.94. The van der Waals surface area contributed by atoms with Crippen molar-refractivity contribution < 1.29 is 80.2 Å². The molecule has 2 unspecified atom stereocenters. The highest BCUT2D eigenvalue weighted by Gasteiger charge is 2.30. The smallest absolute Gasteiger partial charge is 0.462 e. The largest absolute Gasteiger partial charge is 0.472 e. The van der Waals surface area contributed by atoms with Gasteiger partial charge in [0.05, 0.1) is 26.4 Å². The maximum Gasteiger partial charge on any atom is 0.472 e. The van der Waals surface area contributed by atoms with Gasteiger partial charge < -0.3 is 33.8 Å². The quantitative estimate of drug-likeness (QED) is 0.0169. The Morgan fingerprint density at radius 3 is 0.719 bits per heavy atom. The van der Waals surface area contributed by atoms with Crippen LogP contribution in [0.2, 0.25) is 0 Å². The molecule has 0 aromatic carbocycles. The molecular formula is C77H146O17P2. The lowest BCUT2D eigenvalue weighted by atomic mass is 10.0. The maximum atomic E-state index is 13.1. The molecule has 0 saturated heterocycles. The van der Waals surface area contributed by atoms with Crippen LogP contribution in [0.3, 0.4) is 0 Å². The second-order valence-corrected chi connectivity index (χ2v) is 29.9. The topological polar surface area (TPSA) is 237 Å². The van der Waals surface area contributed by atoms with Crippen LogP contribution in [0.1, 0.15) is 387 Å². The minimum Gasteiger partial charge on any atom is -0.462 e. The van der Waals surface area contributed by atoms with Gasteiger partial charge in [0.15, 0.2) is 12.2 Å². The van der Waals surface area contributed by atoms with Crippen molar-refractivity contribution in [3.63, 3.8) is 0 Å². The normalized spacial score (nSPS) is 14.0. The molecule has 0 aliphatic heterocycles. The first-order valence-corrected chi connectivity index (χ1v) is 42.6. The first-order chi connectivity index (χ1) is 46.7. The average Bonchev–Trinajstić information content (AvgIpc) is 1.36. The van der Waals surface area contributed by atoms with E-state index in [1.54, 1.807) is 0 Å². The summed E-state index contributed by atoms with van der Waals surface area (Å²) in [6, 6.07) is 0. The van der Waals surface area contributed by atoms with E-state index < -0.39 is 97.5 Å². The summed E-state index contributed by atoms with van der Waals surface area (Å²) in [5.74, 6) is -2.14. The molecule has 96 heavy (non-hydrogen) atoms. The van der Waals surface area contributed by atoms with Gasteiger partial charge in [-0.15, -0.1) is 0 Å². The van der Waals surface area contributed by atoms with Crippen molar-refractivity contribution in [2.75, 3.05) is 39.6 Å². The number of hydrogen-bond donors (Lipinski definition) is 3. The molecule has 19 heteroatoms. The number of carbonyl (C=O) groups excluding carboxylic acids is 4. The number of unbranched alkanes of at least 4 members (excludes halogenated alkanes) is 46. The van der Waals surface area contributed by atoms with Crippen LogP contribution in [0.15, 0.2) is 24.3 Å². The van der Waals surface area contributed by atoms with Gasteiger partial charge in [0.25, 0.3) is 0 Å². The van der Waals surface area contributed by atoms with Crippen molar-refractivity contribution in [1.29, 1.82) is 0 Å². The van der Waals surface area contributed by atoms with Gasteiger partial charge in [-0.25, -0.2) is 9.13 Å². The number of aliphatic hydroxyl groups excluding tert-OH is 1. The van der Waals surface area contributed by atoms with Crippen LogP contribution in [0, 0.1) is 0 Å². The van der Waals surface area contributed by atoms with E-state index in [0.29, 0.717) is 25.7 Å². The molecular weight excluding hydrogens is 1260 g/mol. The predicted octanol–water partition coefficient (Wildman–Crippen LogP) is 22.6. The van der Waals surface area contributed by atoms with Crippen LogP contribution in [0.5, 0.6) is 0 Å². The van der Waals surface area contributed by atoms with Crippen molar-refractivity contribution in [2.24, 2.45) is 0 Å². The number of aliphatic hydroxyl groups is 1. The van der Waals surface area contributed by atoms with E-state index in [0.717, 1.165) is 122 Å². The summed E-state index contributed by atoms with van der Waals surface area (Å²) in [4.78, 5) is 72.9. The number of allylic oxidation sites excluding steroid dienone is 4. The van der Waals surface area contributed by atoms with Gasteiger partial charge in [-0.3, -0.25) is 37.3 Å². The molecule has 0 aromatic rings. The van der Waals surface area contributed by atoms with Crippen molar-refractivity contribution in [1.82, 2.24) is 0 Å². The number of carbonyl (C=O) groups is 4. The monoisotopic (exact) mass is 1410 g/mol. The molecule has 0 saturated carbocycles. The van der Waals surface area contributed by atoms with Crippen LogP contribution in [0.4, 0.5) is 0 Å². The van der Waals surface area contributed by atoms with Gasteiger partial charge in [-0.05, 0) is 77.0 Å². The van der Waals surface area contributed by atoms with Crippen LogP contribution in [-0.4, -0.2) is 96.7 Å². The van der Waals surface area contributed by atoms with Crippen molar-refractivity contribution >= 4 is 39.5 Å². The first kappa shape index (κ1) is 93.5. The van der Waals surface area contributed by atoms with Crippen LogP contribution >= 0.6 is 15.6 Å². The number of ether oxygens (including phenoxy) is 4. The molecule has 0 spiro atoms. The Kier molecular flexibility index (Phi) is 69.1. The van der Waals surface area contributed by atoms with Gasteiger partial charge in [0.1, 0.15) is 19.3 Å². The SMILES string of the molecule is CCCCCCCC/C=C\CCCCCCCC(=O)OC[C@H](COP(=O)(O)OC[C@@H](O)COP(=O)(O)OC[C@@H](COC(=O)CCCCCCCCCCCCCCC)OC(=O)CCCCCCCCCCCCCCC)OC(=O)CCCCCCC/C=C\CCCCCCCC. The minimum absolute atomic E-state index is 0.0911. The Bertz CT molecular complexity index is 1920. The highest BCUT2D eigenvalue weighted by Crippen LogP contribution is 2.45. The van der Waals surface area contributed by atoms with Gasteiger partial charge in [0, 0.05) is 25.7 Å². The van der Waals surface area contributed by atoms with Gasteiger partial charge in [-0.2, -0.15) is 0 Å². The summed E-state index contributed by atoms with van der Waals surface area (Å²) >= 11 is 0. The summed E-state index contributed by atoms with van der Waals surface area (Å²) in [7, 11) is -9.92. The fourth-order valence-electron chi connectivity index (χ4n) is 11.3. The van der Waals surface area contributed by atoms with Crippen LogP contribution in [0.25, 0.3) is 0 Å². The third kappa shape index (κ3) is 70.0. The summed E-state index contributed by atoms with van der Waals surface area (Å²) in [5.41, 5.74) is 0. The van der Waals surface area contributed by atoms with E-state index in [1.165, 1.54) is 186 Å². The lowest BCUT2D eigenvalue weighted by Gasteiger charge is -2.21. The van der Waals surface area contributed by atoms with E-state index in [4.69, 9.17) is 37.0 Å². The molecule has 3 N–H and O–H groups in total. The molecule has 0 aromatic heterocycles. The fourth-order valence-corrected chi connectivity index (χ4v) is 12.9. The molecule has 0 heterocycles. The molecule has 0 fully saturated rings.